The summed E-state index contributed by atoms with van der Waals surface area (Å²) < 4.78 is 11.5. The molecule has 0 saturated carbocycles. The number of hydrogen-bond donors (Lipinski definition) is 1. The first kappa shape index (κ1) is 18.4. The molecule has 0 amide bonds. The fourth-order valence-corrected chi connectivity index (χ4v) is 4.08. The van der Waals surface area contributed by atoms with E-state index in [-0.39, 0.29) is 34.0 Å². The Morgan fingerprint density at radius 3 is 2.63 bits per heavy atom. The van der Waals surface area contributed by atoms with Gasteiger partial charge < -0.3 is 14.3 Å². The molecule has 1 atom stereocenters. The van der Waals surface area contributed by atoms with Crippen LogP contribution in [-0.2, 0) is 4.79 Å². The number of carbonyl (C=O) groups is 1. The van der Waals surface area contributed by atoms with Gasteiger partial charge in [-0.2, -0.15) is 0 Å². The highest BCUT2D eigenvalue weighted by Gasteiger charge is 2.34. The van der Waals surface area contributed by atoms with Gasteiger partial charge in [0.25, 0.3) is 0 Å². The Hall–Kier alpha value is -3.64. The number of phenols is 1. The molecule has 148 valence electrons. The Kier molecular flexibility index (Phi) is 4.29. The van der Waals surface area contributed by atoms with E-state index in [4.69, 9.17) is 20.8 Å². The van der Waals surface area contributed by atoms with Crippen LogP contribution in [0.15, 0.2) is 70.0 Å². The molecule has 0 saturated heterocycles. The summed E-state index contributed by atoms with van der Waals surface area (Å²) in [5.41, 5.74) is 1.55. The quantitative estimate of drug-likeness (QED) is 0.289. The Bertz CT molecular complexity index is 1360. The minimum atomic E-state index is -0.542. The van der Waals surface area contributed by atoms with Crippen molar-refractivity contribution in [2.75, 3.05) is 0 Å². The van der Waals surface area contributed by atoms with Crippen molar-refractivity contribution in [1.82, 2.24) is 4.98 Å². The second-order valence-electron chi connectivity index (χ2n) is 6.97. The van der Waals surface area contributed by atoms with Gasteiger partial charge in [-0.1, -0.05) is 48.0 Å². The number of ether oxygens (including phenoxy) is 1. The minimum Gasteiger partial charge on any atom is -0.507 e. The van der Waals surface area contributed by atoms with Crippen molar-refractivity contribution in [3.63, 3.8) is 0 Å². The molecule has 4 aromatic rings. The summed E-state index contributed by atoms with van der Waals surface area (Å²) in [6, 6.07) is 15.2. The molecule has 0 fully saturated rings. The van der Waals surface area contributed by atoms with Crippen LogP contribution in [0.5, 0.6) is 11.5 Å². The van der Waals surface area contributed by atoms with E-state index in [1.165, 1.54) is 12.1 Å². The zero-order chi connectivity index (χ0) is 20.8. The number of rotatable bonds is 2. The second kappa shape index (κ2) is 7.00. The summed E-state index contributed by atoms with van der Waals surface area (Å²) >= 11 is 6.31. The molecule has 0 aliphatic carbocycles. The summed E-state index contributed by atoms with van der Waals surface area (Å²) in [4.78, 5) is 29.3. The van der Waals surface area contributed by atoms with Gasteiger partial charge in [0.2, 0.25) is 0 Å². The lowest BCUT2D eigenvalue weighted by molar-refractivity contribution is -0.135. The first-order valence-electron chi connectivity index (χ1n) is 9.23. The number of hydrogen-bond acceptors (Lipinski definition) is 6. The normalized spacial score (nSPS) is 15.6. The highest BCUT2D eigenvalue weighted by atomic mass is 35.5. The summed E-state index contributed by atoms with van der Waals surface area (Å²) in [6.45, 7) is 0. The second-order valence-corrected chi connectivity index (χ2v) is 7.32. The Balaban J connectivity index is 1.86. The van der Waals surface area contributed by atoms with Crippen molar-refractivity contribution in [3.8, 4) is 22.8 Å². The molecule has 30 heavy (non-hydrogen) atoms. The Morgan fingerprint density at radius 2 is 1.87 bits per heavy atom. The number of carbonyl (C=O) groups excluding carboxylic acids is 1. The standard InChI is InChI=1S/C23H14ClNO5/c24-23-13(7-4-8-25-23)14-9-19(28)29-18-11-16(27)21-15(26)10-17(30-22(21)20(14)18)12-5-2-1-3-6-12/h1-8,10-11,14,27H,9H2. The highest BCUT2D eigenvalue weighted by molar-refractivity contribution is 6.30. The van der Waals surface area contributed by atoms with Crippen LogP contribution in [0.25, 0.3) is 22.3 Å². The molecule has 0 bridgehead atoms. The largest absolute Gasteiger partial charge is 0.507 e. The van der Waals surface area contributed by atoms with Crippen LogP contribution in [-0.4, -0.2) is 16.1 Å². The van der Waals surface area contributed by atoms with E-state index in [2.05, 4.69) is 4.98 Å². The van der Waals surface area contributed by atoms with Crippen LogP contribution in [0.4, 0.5) is 0 Å². The van der Waals surface area contributed by atoms with Gasteiger partial charge in [-0.25, -0.2) is 4.98 Å². The van der Waals surface area contributed by atoms with Crippen LogP contribution in [0.2, 0.25) is 5.15 Å². The zero-order valence-electron chi connectivity index (χ0n) is 15.5. The van der Waals surface area contributed by atoms with Gasteiger partial charge in [-0.3, -0.25) is 9.59 Å². The van der Waals surface area contributed by atoms with E-state index in [1.54, 1.807) is 18.3 Å². The first-order chi connectivity index (χ1) is 14.5. The van der Waals surface area contributed by atoms with Crippen molar-refractivity contribution in [2.45, 2.75) is 12.3 Å². The van der Waals surface area contributed by atoms with Crippen molar-refractivity contribution >= 4 is 28.5 Å². The van der Waals surface area contributed by atoms with Crippen molar-refractivity contribution in [2.24, 2.45) is 0 Å². The van der Waals surface area contributed by atoms with Gasteiger partial charge >= 0.3 is 5.97 Å². The lowest BCUT2D eigenvalue weighted by atomic mass is 9.85. The fraction of sp³-hybridized carbons (Fsp3) is 0.0870. The molecular weight excluding hydrogens is 406 g/mol. The lowest BCUT2D eigenvalue weighted by Crippen LogP contribution is -2.22. The number of aromatic hydroxyl groups is 1. The number of halogens is 1. The van der Waals surface area contributed by atoms with Crippen molar-refractivity contribution in [1.29, 1.82) is 0 Å². The van der Waals surface area contributed by atoms with Gasteiger partial charge in [0.1, 0.15) is 33.4 Å². The molecule has 5 rings (SSSR count). The summed E-state index contributed by atoms with van der Waals surface area (Å²) in [7, 11) is 0. The van der Waals surface area contributed by atoms with Gasteiger partial charge in [-0.05, 0) is 11.6 Å². The van der Waals surface area contributed by atoms with E-state index in [0.717, 1.165) is 0 Å². The van der Waals surface area contributed by atoms with E-state index < -0.39 is 17.3 Å². The maximum atomic E-state index is 12.9. The van der Waals surface area contributed by atoms with E-state index >= 15 is 0 Å². The summed E-state index contributed by atoms with van der Waals surface area (Å²) in [6.07, 6.45) is 1.55. The highest BCUT2D eigenvalue weighted by Crippen LogP contribution is 2.46. The van der Waals surface area contributed by atoms with E-state index in [1.807, 2.05) is 30.3 Å². The van der Waals surface area contributed by atoms with Gasteiger partial charge in [-0.15, -0.1) is 0 Å². The molecular formula is C23H14ClNO5. The molecule has 6 nitrogen and oxygen atoms in total. The summed E-state index contributed by atoms with van der Waals surface area (Å²) in [5.74, 6) is -0.862. The molecule has 2 aromatic carbocycles. The van der Waals surface area contributed by atoms with Crippen LogP contribution in [0, 0.1) is 0 Å². The molecule has 1 N–H and O–H groups in total. The average Bonchev–Trinajstić information content (AvgIpc) is 2.73. The summed E-state index contributed by atoms with van der Waals surface area (Å²) in [5, 5.41) is 10.7. The third-order valence-corrected chi connectivity index (χ3v) is 5.46. The molecule has 2 aromatic heterocycles. The van der Waals surface area contributed by atoms with Crippen molar-refractivity contribution in [3.05, 3.63) is 87.3 Å². The van der Waals surface area contributed by atoms with Crippen LogP contribution < -0.4 is 10.2 Å². The van der Waals surface area contributed by atoms with Crippen LogP contribution in [0.3, 0.4) is 0 Å². The number of phenolic OH excluding ortho intramolecular Hbond substituents is 1. The topological polar surface area (TPSA) is 89.6 Å². The maximum Gasteiger partial charge on any atom is 0.312 e. The monoisotopic (exact) mass is 419 g/mol. The first-order valence-corrected chi connectivity index (χ1v) is 9.61. The Labute approximate surface area is 175 Å². The third-order valence-electron chi connectivity index (χ3n) is 5.15. The molecule has 1 unspecified atom stereocenters. The molecule has 0 radical (unpaired) electrons. The molecule has 1 aliphatic rings. The van der Waals surface area contributed by atoms with Gasteiger partial charge in [0.15, 0.2) is 5.43 Å². The maximum absolute atomic E-state index is 12.9. The predicted octanol–water partition coefficient (Wildman–Crippen LogP) is 4.66. The number of aromatic nitrogens is 1. The lowest BCUT2D eigenvalue weighted by Gasteiger charge is -2.26. The Morgan fingerprint density at radius 1 is 1.07 bits per heavy atom. The van der Waals surface area contributed by atoms with E-state index in [0.29, 0.717) is 22.5 Å². The molecule has 3 heterocycles. The van der Waals surface area contributed by atoms with E-state index in [9.17, 15) is 14.7 Å². The SMILES string of the molecule is O=C1CC(c2cccnc2Cl)c2c(cc(O)c3c(=O)cc(-c4ccccc4)oc23)O1. The van der Waals surface area contributed by atoms with Crippen LogP contribution >= 0.6 is 11.6 Å². The zero-order valence-corrected chi connectivity index (χ0v) is 16.2. The fourth-order valence-electron chi connectivity index (χ4n) is 3.83. The average molecular weight is 420 g/mol. The smallest absolute Gasteiger partial charge is 0.312 e. The number of fused-ring (bicyclic) bond motifs is 3. The van der Waals surface area contributed by atoms with Gasteiger partial charge in [0.05, 0.1) is 6.42 Å². The van der Waals surface area contributed by atoms with Gasteiger partial charge in [0, 0.05) is 35.4 Å². The van der Waals surface area contributed by atoms with Crippen molar-refractivity contribution < 1.29 is 19.1 Å². The molecule has 7 heteroatoms. The number of benzene rings is 2. The minimum absolute atomic E-state index is 0.00242. The molecule has 0 spiro atoms. The van der Waals surface area contributed by atoms with Crippen LogP contribution in [0.1, 0.15) is 23.5 Å². The predicted molar refractivity (Wildman–Crippen MR) is 111 cm³/mol. The number of pyridine rings is 1. The third kappa shape index (κ3) is 2.93. The number of nitrogens with zero attached hydrogens (tertiary/aromatic N) is 1. The molecule has 1 aliphatic heterocycles. The number of esters is 1.